The number of nitrogens with zero attached hydrogens (tertiary/aromatic N) is 1. The number of ether oxygens (including phenoxy) is 1. The van der Waals surface area contributed by atoms with E-state index < -0.39 is 5.97 Å². The Morgan fingerprint density at radius 1 is 0.958 bits per heavy atom. The maximum absolute atomic E-state index is 12.0. The predicted octanol–water partition coefficient (Wildman–Crippen LogP) is 1.62. The van der Waals surface area contributed by atoms with Crippen molar-refractivity contribution in [2.24, 2.45) is 0 Å². The van der Waals surface area contributed by atoms with Crippen molar-refractivity contribution < 1.29 is 19.1 Å². The van der Waals surface area contributed by atoms with Gasteiger partial charge in [0.25, 0.3) is 11.8 Å². The molecule has 1 N–H and O–H groups in total. The zero-order chi connectivity index (χ0) is 17.4. The Morgan fingerprint density at radius 3 is 2.17 bits per heavy atom. The highest BCUT2D eigenvalue weighted by atomic mass is 16.5. The molecule has 0 radical (unpaired) electrons. The normalized spacial score (nSPS) is 9.88. The van der Waals surface area contributed by atoms with Crippen molar-refractivity contribution in [1.29, 1.82) is 0 Å². The van der Waals surface area contributed by atoms with E-state index >= 15 is 0 Å². The number of amides is 2. The number of hydrogen-bond donors (Lipinski definition) is 1. The average molecular weight is 326 g/mol. The van der Waals surface area contributed by atoms with Crippen LogP contribution in [0.1, 0.15) is 10.4 Å². The number of nitrogens with one attached hydrogen (secondary N) is 1. The van der Waals surface area contributed by atoms with Gasteiger partial charge in [-0.15, -0.1) is 0 Å². The summed E-state index contributed by atoms with van der Waals surface area (Å²) in [5, 5.41) is 2.44. The second-order valence-electron chi connectivity index (χ2n) is 5.00. The van der Waals surface area contributed by atoms with Crippen LogP contribution in [-0.2, 0) is 14.3 Å². The summed E-state index contributed by atoms with van der Waals surface area (Å²) in [5.74, 6) is -1.40. The molecule has 0 saturated heterocycles. The maximum Gasteiger partial charge on any atom is 0.325 e. The number of esters is 1. The van der Waals surface area contributed by atoms with Crippen LogP contribution in [-0.4, -0.2) is 38.0 Å². The second kappa shape index (κ2) is 8.47. The number of hydrogen-bond acceptors (Lipinski definition) is 4. The zero-order valence-electron chi connectivity index (χ0n) is 13.3. The molecule has 24 heavy (non-hydrogen) atoms. The van der Waals surface area contributed by atoms with E-state index in [1.165, 1.54) is 4.90 Å². The highest BCUT2D eigenvalue weighted by molar-refractivity contribution is 5.97. The minimum atomic E-state index is -0.672. The quantitative estimate of drug-likeness (QED) is 0.819. The summed E-state index contributed by atoms with van der Waals surface area (Å²) in [6, 6.07) is 17.5. The Balaban J connectivity index is 1.75. The van der Waals surface area contributed by atoms with E-state index in [0.717, 1.165) is 0 Å². The predicted molar refractivity (Wildman–Crippen MR) is 89.6 cm³/mol. The first-order chi connectivity index (χ1) is 11.6. The van der Waals surface area contributed by atoms with Gasteiger partial charge in [0.15, 0.2) is 6.61 Å². The molecule has 2 rings (SSSR count). The SMILES string of the molecule is CN(C(=O)COC(=O)CNC(=O)c1ccccc1)c1ccccc1. The summed E-state index contributed by atoms with van der Waals surface area (Å²) in [6.07, 6.45) is 0. The van der Waals surface area contributed by atoms with Gasteiger partial charge in [0.05, 0.1) is 0 Å². The van der Waals surface area contributed by atoms with Gasteiger partial charge in [0, 0.05) is 18.3 Å². The Kier molecular flexibility index (Phi) is 6.08. The highest BCUT2D eigenvalue weighted by Crippen LogP contribution is 2.10. The van der Waals surface area contributed by atoms with Gasteiger partial charge in [-0.2, -0.15) is 0 Å². The first-order valence-corrected chi connectivity index (χ1v) is 7.38. The molecule has 0 spiro atoms. The average Bonchev–Trinajstić information content (AvgIpc) is 2.64. The van der Waals surface area contributed by atoms with Crippen molar-refractivity contribution in [3.05, 3.63) is 66.2 Å². The van der Waals surface area contributed by atoms with Crippen molar-refractivity contribution in [1.82, 2.24) is 5.32 Å². The molecule has 0 unspecified atom stereocenters. The van der Waals surface area contributed by atoms with E-state index in [2.05, 4.69) is 5.32 Å². The van der Waals surface area contributed by atoms with Gasteiger partial charge in [-0.05, 0) is 24.3 Å². The Labute approximate surface area is 140 Å². The smallest absolute Gasteiger partial charge is 0.325 e. The van der Waals surface area contributed by atoms with Crippen LogP contribution in [0.5, 0.6) is 0 Å². The molecule has 0 aliphatic rings. The van der Waals surface area contributed by atoms with Crippen LogP contribution < -0.4 is 10.2 Å². The van der Waals surface area contributed by atoms with E-state index in [-0.39, 0.29) is 25.0 Å². The third-order valence-electron chi connectivity index (χ3n) is 3.30. The summed E-state index contributed by atoms with van der Waals surface area (Å²) < 4.78 is 4.89. The largest absolute Gasteiger partial charge is 0.454 e. The molecule has 0 aromatic heterocycles. The highest BCUT2D eigenvalue weighted by Gasteiger charge is 2.14. The molecule has 0 aliphatic carbocycles. The molecule has 2 aromatic rings. The Hall–Kier alpha value is -3.15. The molecule has 0 heterocycles. The van der Waals surface area contributed by atoms with E-state index in [1.54, 1.807) is 49.5 Å². The third kappa shape index (κ3) is 4.95. The minimum Gasteiger partial charge on any atom is -0.454 e. The van der Waals surface area contributed by atoms with Crippen LogP contribution in [0.3, 0.4) is 0 Å². The first kappa shape index (κ1) is 17.2. The maximum atomic E-state index is 12.0. The number of carbonyl (C=O) groups is 3. The fourth-order valence-electron chi connectivity index (χ4n) is 1.93. The summed E-state index contributed by atoms with van der Waals surface area (Å²) in [5.41, 5.74) is 1.15. The number of likely N-dealkylation sites (N-methyl/N-ethyl adjacent to an activating group) is 1. The van der Waals surface area contributed by atoms with Gasteiger partial charge in [-0.1, -0.05) is 36.4 Å². The number of benzene rings is 2. The number of carbonyl (C=O) groups excluding carboxylic acids is 3. The van der Waals surface area contributed by atoms with Crippen LogP contribution in [0.2, 0.25) is 0 Å². The summed E-state index contributed by atoms with van der Waals surface area (Å²) in [4.78, 5) is 36.8. The van der Waals surface area contributed by atoms with Gasteiger partial charge in [0.1, 0.15) is 6.54 Å². The molecule has 2 amide bonds. The van der Waals surface area contributed by atoms with Crippen molar-refractivity contribution >= 4 is 23.5 Å². The lowest BCUT2D eigenvalue weighted by Gasteiger charge is -2.17. The van der Waals surface area contributed by atoms with Crippen LogP contribution in [0.15, 0.2) is 60.7 Å². The Morgan fingerprint density at radius 2 is 1.54 bits per heavy atom. The summed E-state index contributed by atoms with van der Waals surface area (Å²) >= 11 is 0. The minimum absolute atomic E-state index is 0.296. The fraction of sp³-hybridized carbons (Fsp3) is 0.167. The molecule has 0 fully saturated rings. The van der Waals surface area contributed by atoms with Gasteiger partial charge in [-0.25, -0.2) is 0 Å². The zero-order valence-corrected chi connectivity index (χ0v) is 13.3. The van der Waals surface area contributed by atoms with Gasteiger partial charge < -0.3 is 15.0 Å². The van der Waals surface area contributed by atoms with Crippen molar-refractivity contribution in [2.45, 2.75) is 0 Å². The fourth-order valence-corrected chi connectivity index (χ4v) is 1.93. The molecule has 0 atom stereocenters. The molecular formula is C18H18N2O4. The molecule has 0 aliphatic heterocycles. The van der Waals surface area contributed by atoms with E-state index in [1.807, 2.05) is 18.2 Å². The lowest BCUT2D eigenvalue weighted by atomic mass is 10.2. The molecule has 6 nitrogen and oxygen atoms in total. The van der Waals surface area contributed by atoms with Crippen LogP contribution >= 0.6 is 0 Å². The van der Waals surface area contributed by atoms with Crippen LogP contribution in [0, 0.1) is 0 Å². The summed E-state index contributed by atoms with van der Waals surface area (Å²) in [7, 11) is 1.60. The molecule has 2 aromatic carbocycles. The topological polar surface area (TPSA) is 75.7 Å². The van der Waals surface area contributed by atoms with Gasteiger partial charge >= 0.3 is 5.97 Å². The standard InChI is InChI=1S/C18H18N2O4/c1-20(15-10-6-3-7-11-15)16(21)13-24-17(22)12-19-18(23)14-8-4-2-5-9-14/h2-11H,12-13H2,1H3,(H,19,23). The lowest BCUT2D eigenvalue weighted by molar-refractivity contribution is -0.146. The molecule has 0 bridgehead atoms. The number of para-hydroxylation sites is 1. The van der Waals surface area contributed by atoms with Crippen molar-refractivity contribution in [3.8, 4) is 0 Å². The molecule has 6 heteroatoms. The number of anilines is 1. The van der Waals surface area contributed by atoms with Crippen LogP contribution in [0.25, 0.3) is 0 Å². The Bertz CT molecular complexity index is 701. The molecule has 0 saturated carbocycles. The molecular weight excluding hydrogens is 308 g/mol. The van der Waals surface area contributed by atoms with Crippen LogP contribution in [0.4, 0.5) is 5.69 Å². The monoisotopic (exact) mass is 326 g/mol. The lowest BCUT2D eigenvalue weighted by Crippen LogP contribution is -2.34. The summed E-state index contributed by atoms with van der Waals surface area (Å²) in [6.45, 7) is -0.679. The molecule has 124 valence electrons. The first-order valence-electron chi connectivity index (χ1n) is 7.38. The van der Waals surface area contributed by atoms with Crippen molar-refractivity contribution in [3.63, 3.8) is 0 Å². The van der Waals surface area contributed by atoms with E-state index in [9.17, 15) is 14.4 Å². The van der Waals surface area contributed by atoms with E-state index in [4.69, 9.17) is 4.74 Å². The number of rotatable bonds is 6. The van der Waals surface area contributed by atoms with Crippen molar-refractivity contribution in [2.75, 3.05) is 25.1 Å². The van der Waals surface area contributed by atoms with E-state index in [0.29, 0.717) is 11.3 Å². The van der Waals surface area contributed by atoms with Gasteiger partial charge in [0.2, 0.25) is 0 Å². The second-order valence-corrected chi connectivity index (χ2v) is 5.00. The third-order valence-corrected chi connectivity index (χ3v) is 3.30. The van der Waals surface area contributed by atoms with Gasteiger partial charge in [-0.3, -0.25) is 14.4 Å².